The molecule has 0 saturated carbocycles. The molecule has 2 aromatic rings. The van der Waals surface area contributed by atoms with Gasteiger partial charge >= 0.3 is 0 Å². The van der Waals surface area contributed by atoms with Gasteiger partial charge in [-0.1, -0.05) is 50.6 Å². The molecule has 7 atom stereocenters. The van der Waals surface area contributed by atoms with E-state index in [9.17, 15) is 34.2 Å². The van der Waals surface area contributed by atoms with Gasteiger partial charge in [0.1, 0.15) is 28.8 Å². The zero-order valence-electron chi connectivity index (χ0n) is 23.9. The van der Waals surface area contributed by atoms with Crippen molar-refractivity contribution in [2.24, 2.45) is 5.92 Å². The zero-order chi connectivity index (χ0) is 31.0. The molecule has 2 bridgehead atoms. The summed E-state index contributed by atoms with van der Waals surface area (Å²) in [6.45, 7) is 5.96. The average Bonchev–Trinajstić information content (AvgIpc) is 3.45. The molecule has 2 heterocycles. The fourth-order valence-electron chi connectivity index (χ4n) is 4.32. The fourth-order valence-corrected chi connectivity index (χ4v) is 5.30. The van der Waals surface area contributed by atoms with Crippen molar-refractivity contribution in [3.8, 4) is 0 Å². The quantitative estimate of drug-likeness (QED) is 0.231. The van der Waals surface area contributed by atoms with Crippen molar-refractivity contribution in [1.29, 1.82) is 0 Å². The van der Waals surface area contributed by atoms with Crippen LogP contribution in [0.2, 0.25) is 0 Å². The first-order valence-corrected chi connectivity index (χ1v) is 14.6. The molecule has 14 heteroatoms. The van der Waals surface area contributed by atoms with Crippen molar-refractivity contribution in [1.82, 2.24) is 31.6 Å². The Labute approximate surface area is 247 Å². The highest BCUT2D eigenvalue weighted by Crippen LogP contribution is 2.27. The molecular formula is C28H38N6O7S. The number of aromatic nitrogens is 1. The van der Waals surface area contributed by atoms with Crippen LogP contribution < -0.4 is 26.6 Å². The molecule has 1 aromatic heterocycles. The SMILES string of the molecule is CC[C@H](C)[C@@H]1NC(=O)[C@H]([C@@H](C)O)NC(=O)[C@H](Cc2ccccc2)NC(=O)C([C@@H](C)O)NC(=O)CNC(=O)c2csc1n2. The van der Waals surface area contributed by atoms with E-state index in [1.54, 1.807) is 30.3 Å². The first-order chi connectivity index (χ1) is 19.9. The number of aliphatic hydroxyl groups is 2. The van der Waals surface area contributed by atoms with Gasteiger partial charge in [-0.15, -0.1) is 11.3 Å². The van der Waals surface area contributed by atoms with Crippen molar-refractivity contribution >= 4 is 40.9 Å². The standard InChI is InChI=1S/C28H38N6O7S/c1-5-14(2)21-28-31-19(13-42-28)24(38)29-12-20(37)32-22(15(3)35)26(40)30-18(11-17-9-7-6-8-10-17)25(39)34-23(16(4)36)27(41)33-21/h6-10,13-16,18,21-23,35-36H,5,11-12H2,1-4H3,(H,29,38)(H,30,40)(H,32,37)(H,33,41)(H,34,39)/t14-,15+,16+,18-,21-,22?,23-/m0/s1. The van der Waals surface area contributed by atoms with Crippen molar-refractivity contribution in [2.45, 2.75) is 76.9 Å². The van der Waals surface area contributed by atoms with Crippen LogP contribution in [0.15, 0.2) is 35.7 Å². The van der Waals surface area contributed by atoms with E-state index < -0.39 is 72.5 Å². The van der Waals surface area contributed by atoms with Gasteiger partial charge in [0.15, 0.2) is 0 Å². The van der Waals surface area contributed by atoms with E-state index in [2.05, 4.69) is 31.6 Å². The van der Waals surface area contributed by atoms with E-state index >= 15 is 0 Å². The first-order valence-electron chi connectivity index (χ1n) is 13.7. The Balaban J connectivity index is 2.02. The number of amides is 5. The molecule has 1 unspecified atom stereocenters. The molecule has 42 heavy (non-hydrogen) atoms. The van der Waals surface area contributed by atoms with Crippen LogP contribution >= 0.6 is 11.3 Å². The predicted molar refractivity (Wildman–Crippen MR) is 154 cm³/mol. The van der Waals surface area contributed by atoms with Gasteiger partial charge in [0.25, 0.3) is 5.91 Å². The number of nitrogens with one attached hydrogen (secondary N) is 5. The highest BCUT2D eigenvalue weighted by Gasteiger charge is 2.35. The van der Waals surface area contributed by atoms with Gasteiger partial charge in [0.05, 0.1) is 24.8 Å². The van der Waals surface area contributed by atoms with E-state index in [4.69, 9.17) is 0 Å². The maximum Gasteiger partial charge on any atom is 0.271 e. The second kappa shape index (κ2) is 14.8. The van der Waals surface area contributed by atoms with E-state index in [-0.39, 0.29) is 18.0 Å². The van der Waals surface area contributed by atoms with E-state index in [0.29, 0.717) is 17.0 Å². The summed E-state index contributed by atoms with van der Waals surface area (Å²) in [6, 6.07) is 4.07. The van der Waals surface area contributed by atoms with Gasteiger partial charge < -0.3 is 36.8 Å². The topological polar surface area (TPSA) is 199 Å². The number of thiazole rings is 1. The maximum atomic E-state index is 13.5. The minimum absolute atomic E-state index is 0.0144. The van der Waals surface area contributed by atoms with Crippen LogP contribution in [0, 0.1) is 5.92 Å². The Kier molecular flexibility index (Phi) is 11.5. The highest BCUT2D eigenvalue weighted by molar-refractivity contribution is 7.09. The smallest absolute Gasteiger partial charge is 0.271 e. The van der Waals surface area contributed by atoms with Gasteiger partial charge in [0.2, 0.25) is 23.6 Å². The average molecular weight is 603 g/mol. The number of hydrogen-bond acceptors (Lipinski definition) is 9. The number of carbonyl (C=O) groups is 5. The molecule has 1 aliphatic rings. The minimum atomic E-state index is -1.46. The molecule has 13 nitrogen and oxygen atoms in total. The number of fused-ring (bicyclic) bond motifs is 2. The Morgan fingerprint density at radius 2 is 1.45 bits per heavy atom. The van der Waals surface area contributed by atoms with Crippen LogP contribution in [0.4, 0.5) is 0 Å². The Bertz CT molecular complexity index is 1270. The predicted octanol–water partition coefficient (Wildman–Crippen LogP) is -0.451. The van der Waals surface area contributed by atoms with Crippen LogP contribution in [-0.2, 0) is 25.6 Å². The van der Waals surface area contributed by atoms with Crippen molar-refractivity contribution < 1.29 is 34.2 Å². The lowest BCUT2D eigenvalue weighted by atomic mass is 9.98. The van der Waals surface area contributed by atoms with Crippen molar-refractivity contribution in [2.75, 3.05) is 6.54 Å². The molecular weight excluding hydrogens is 564 g/mol. The fraction of sp³-hybridized carbons (Fsp3) is 0.500. The highest BCUT2D eigenvalue weighted by atomic mass is 32.1. The van der Waals surface area contributed by atoms with Crippen molar-refractivity contribution in [3.05, 3.63) is 52.0 Å². The normalized spacial score (nSPS) is 25.0. The molecule has 0 fully saturated rings. The number of aliphatic hydroxyl groups excluding tert-OH is 2. The molecule has 1 aromatic carbocycles. The van der Waals surface area contributed by atoms with Gasteiger partial charge in [-0.25, -0.2) is 4.98 Å². The number of carbonyl (C=O) groups excluding carboxylic acids is 5. The molecule has 7 N–H and O–H groups in total. The Morgan fingerprint density at radius 1 is 0.857 bits per heavy atom. The second-order valence-corrected chi connectivity index (χ2v) is 11.3. The summed E-state index contributed by atoms with van der Waals surface area (Å²) in [5.74, 6) is -3.80. The van der Waals surface area contributed by atoms with Crippen LogP contribution in [0.5, 0.6) is 0 Å². The summed E-state index contributed by atoms with van der Waals surface area (Å²) < 4.78 is 0. The summed E-state index contributed by atoms with van der Waals surface area (Å²) in [5, 5.41) is 35.5. The monoisotopic (exact) mass is 602 g/mol. The van der Waals surface area contributed by atoms with Gasteiger partial charge in [-0.3, -0.25) is 24.0 Å². The largest absolute Gasteiger partial charge is 0.391 e. The maximum absolute atomic E-state index is 13.5. The minimum Gasteiger partial charge on any atom is -0.391 e. The molecule has 5 amide bonds. The molecule has 0 spiro atoms. The third-order valence-electron chi connectivity index (χ3n) is 7.00. The summed E-state index contributed by atoms with van der Waals surface area (Å²) in [7, 11) is 0. The third kappa shape index (κ3) is 8.57. The van der Waals surface area contributed by atoms with E-state index in [0.717, 1.165) is 11.3 Å². The van der Waals surface area contributed by atoms with Crippen LogP contribution in [0.25, 0.3) is 0 Å². The van der Waals surface area contributed by atoms with E-state index in [1.165, 1.54) is 19.2 Å². The molecule has 0 saturated heterocycles. The lowest BCUT2D eigenvalue weighted by Gasteiger charge is -2.29. The van der Waals surface area contributed by atoms with Gasteiger partial charge in [-0.2, -0.15) is 0 Å². The zero-order valence-corrected chi connectivity index (χ0v) is 24.7. The molecule has 0 aliphatic carbocycles. The van der Waals surface area contributed by atoms with Crippen LogP contribution in [-0.4, -0.2) is 81.6 Å². The number of benzene rings is 1. The first kappa shape index (κ1) is 32.6. The second-order valence-electron chi connectivity index (χ2n) is 10.4. The lowest BCUT2D eigenvalue weighted by Crippen LogP contribution is -2.61. The summed E-state index contributed by atoms with van der Waals surface area (Å²) in [4.78, 5) is 69.9. The Hall–Kier alpha value is -3.88. The Morgan fingerprint density at radius 3 is 2.07 bits per heavy atom. The number of hydrogen-bond donors (Lipinski definition) is 7. The molecule has 0 radical (unpaired) electrons. The summed E-state index contributed by atoms with van der Waals surface area (Å²) in [5.41, 5.74) is 0.718. The lowest BCUT2D eigenvalue weighted by molar-refractivity contribution is -0.136. The molecule has 228 valence electrons. The van der Waals surface area contributed by atoms with Crippen LogP contribution in [0.1, 0.15) is 61.2 Å². The number of nitrogens with zero attached hydrogens (tertiary/aromatic N) is 1. The summed E-state index contributed by atoms with van der Waals surface area (Å²) >= 11 is 1.15. The third-order valence-corrected chi connectivity index (χ3v) is 7.93. The number of rotatable bonds is 6. The molecule has 1 aliphatic heterocycles. The van der Waals surface area contributed by atoms with E-state index in [1.807, 2.05) is 13.8 Å². The van der Waals surface area contributed by atoms with Gasteiger partial charge in [-0.05, 0) is 25.3 Å². The summed E-state index contributed by atoms with van der Waals surface area (Å²) in [6.07, 6.45) is -2.01. The van der Waals surface area contributed by atoms with Crippen LogP contribution in [0.3, 0.4) is 0 Å². The molecule has 3 rings (SSSR count). The van der Waals surface area contributed by atoms with Crippen molar-refractivity contribution in [3.63, 3.8) is 0 Å². The van der Waals surface area contributed by atoms with Gasteiger partial charge in [0, 0.05) is 11.8 Å².